The number of carbonyl (C=O) groups excluding carboxylic acids is 2. The van der Waals surface area contributed by atoms with E-state index in [1.807, 2.05) is 0 Å². The number of aromatic nitrogens is 1. The summed E-state index contributed by atoms with van der Waals surface area (Å²) in [5.41, 5.74) is -5.12. The molecule has 0 bridgehead atoms. The molecule has 1 unspecified atom stereocenters. The van der Waals surface area contributed by atoms with Gasteiger partial charge in [0.25, 0.3) is 0 Å². The molecule has 0 radical (unpaired) electrons. The highest BCUT2D eigenvalue weighted by atomic mass is 32.2. The number of hydrogen-bond acceptors (Lipinski definition) is 7. The van der Waals surface area contributed by atoms with Crippen molar-refractivity contribution < 1.29 is 37.3 Å². The smallest absolute Gasteiger partial charge is 0.423 e. The van der Waals surface area contributed by atoms with Gasteiger partial charge in [-0.3, -0.25) is 4.98 Å². The molecule has 1 aromatic rings. The number of alkyl carbamates (subject to hydrolysis) is 1. The van der Waals surface area contributed by atoms with Gasteiger partial charge in [0, 0.05) is 6.20 Å². The van der Waals surface area contributed by atoms with Crippen LogP contribution in [0.1, 0.15) is 60.1 Å². The Hall–Kier alpha value is -2.01. The van der Waals surface area contributed by atoms with E-state index < -0.39 is 53.2 Å². The number of ether oxygens (including phenoxy) is 2. The molecule has 0 saturated heterocycles. The van der Waals surface area contributed by atoms with Crippen molar-refractivity contribution in [1.82, 2.24) is 10.3 Å². The molecule has 0 aliphatic rings. The van der Waals surface area contributed by atoms with Crippen LogP contribution in [0, 0.1) is 0 Å². The lowest BCUT2D eigenvalue weighted by atomic mass is 9.95. The van der Waals surface area contributed by atoms with E-state index in [4.69, 9.17) is 9.47 Å². The second-order valence-corrected chi connectivity index (χ2v) is 10.7. The maximum absolute atomic E-state index is 13.5. The molecule has 2 N–H and O–H groups in total. The lowest BCUT2D eigenvalue weighted by Gasteiger charge is -2.30. The second-order valence-electron chi connectivity index (χ2n) is 9.46. The van der Waals surface area contributed by atoms with Crippen LogP contribution in [-0.2, 0) is 19.9 Å². The molecule has 0 aromatic carbocycles. The van der Waals surface area contributed by atoms with Crippen LogP contribution in [0.2, 0.25) is 0 Å². The molecule has 1 rings (SSSR count). The van der Waals surface area contributed by atoms with E-state index >= 15 is 0 Å². The van der Waals surface area contributed by atoms with E-state index in [9.17, 15) is 27.9 Å². The molecule has 0 aliphatic carbocycles. The normalized spacial score (nSPS) is 15.3. The molecular formula is C22H33F3N2O5S. The predicted octanol–water partition coefficient (Wildman–Crippen LogP) is 4.58. The van der Waals surface area contributed by atoms with Crippen LogP contribution in [0.15, 0.2) is 24.4 Å². The fourth-order valence-electron chi connectivity index (χ4n) is 2.62. The van der Waals surface area contributed by atoms with Gasteiger partial charge in [0.2, 0.25) is 5.60 Å². The van der Waals surface area contributed by atoms with Crippen LogP contribution < -0.4 is 5.32 Å². The highest BCUT2D eigenvalue weighted by molar-refractivity contribution is 7.99. The Kier molecular flexibility index (Phi) is 10.0. The Bertz CT molecular complexity index is 779. The number of hydrogen-bond donors (Lipinski definition) is 2. The van der Waals surface area contributed by atoms with Gasteiger partial charge in [0.1, 0.15) is 17.2 Å². The summed E-state index contributed by atoms with van der Waals surface area (Å²) in [5, 5.41) is 12.8. The Balaban J connectivity index is 2.75. The first-order valence-corrected chi connectivity index (χ1v) is 11.6. The molecule has 0 spiro atoms. The first kappa shape index (κ1) is 29.0. The predicted molar refractivity (Wildman–Crippen MR) is 120 cm³/mol. The maximum Gasteiger partial charge on any atom is 0.423 e. The number of thioether (sulfide) groups is 1. The van der Waals surface area contributed by atoms with Gasteiger partial charge >= 0.3 is 18.2 Å². The summed E-state index contributed by atoms with van der Waals surface area (Å²) in [6.07, 6.45) is -5.03. The van der Waals surface area contributed by atoms with Crippen LogP contribution in [0.5, 0.6) is 0 Å². The third kappa shape index (κ3) is 10.2. The Morgan fingerprint density at radius 1 is 1.06 bits per heavy atom. The average molecular weight is 495 g/mol. The fourth-order valence-corrected chi connectivity index (χ4v) is 3.66. The topological polar surface area (TPSA) is 97.8 Å². The third-order valence-electron chi connectivity index (χ3n) is 4.10. The van der Waals surface area contributed by atoms with Crippen molar-refractivity contribution in [2.24, 2.45) is 0 Å². The van der Waals surface area contributed by atoms with E-state index in [2.05, 4.69) is 10.3 Å². The van der Waals surface area contributed by atoms with Gasteiger partial charge in [-0.2, -0.15) is 24.9 Å². The Labute approximate surface area is 196 Å². The molecule has 0 fully saturated rings. The molecule has 0 saturated carbocycles. The molecule has 33 heavy (non-hydrogen) atoms. The summed E-state index contributed by atoms with van der Waals surface area (Å²) in [6.45, 7) is 10.1. The van der Waals surface area contributed by atoms with E-state index in [1.54, 1.807) is 41.5 Å². The number of rotatable bonds is 9. The molecule has 11 heteroatoms. The average Bonchev–Trinajstić information content (AvgIpc) is 2.63. The first-order valence-electron chi connectivity index (χ1n) is 10.5. The summed E-state index contributed by atoms with van der Waals surface area (Å²) in [7, 11) is 0. The Morgan fingerprint density at radius 3 is 2.15 bits per heavy atom. The number of esters is 1. The van der Waals surface area contributed by atoms with E-state index in [1.165, 1.54) is 18.3 Å². The molecule has 1 heterocycles. The standard InChI is InChI=1S/C22H33F3N2O5S/c1-19(2,3)31-17(28)15(27-18(29)32-20(4,5)6)10-13-33-14-11-21(30,22(23,24)25)16-9-7-8-12-26-16/h7-9,12,15,30H,10-11,13-14H2,1-6H3,(H,27,29)/t15-,21?/m0/s1. The molecule has 7 nitrogen and oxygen atoms in total. The van der Waals surface area contributed by atoms with E-state index in [0.717, 1.165) is 17.8 Å². The van der Waals surface area contributed by atoms with Crippen molar-refractivity contribution >= 4 is 23.8 Å². The molecule has 0 aliphatic heterocycles. The Morgan fingerprint density at radius 2 is 1.67 bits per heavy atom. The van der Waals surface area contributed by atoms with Gasteiger partial charge in [-0.05, 0) is 78.0 Å². The highest BCUT2D eigenvalue weighted by Crippen LogP contribution is 2.41. The number of amides is 1. The van der Waals surface area contributed by atoms with Crippen LogP contribution in [0.3, 0.4) is 0 Å². The number of carbonyl (C=O) groups is 2. The van der Waals surface area contributed by atoms with Crippen LogP contribution in [-0.4, -0.2) is 57.1 Å². The zero-order chi connectivity index (χ0) is 25.5. The minimum absolute atomic E-state index is 0.0555. The minimum atomic E-state index is -4.90. The van der Waals surface area contributed by atoms with Crippen LogP contribution >= 0.6 is 11.8 Å². The van der Waals surface area contributed by atoms with Gasteiger partial charge < -0.3 is 19.9 Å². The first-order chi connectivity index (χ1) is 14.9. The summed E-state index contributed by atoms with van der Waals surface area (Å²) < 4.78 is 51.1. The second kappa shape index (κ2) is 11.4. The van der Waals surface area contributed by atoms with Crippen molar-refractivity contribution in [2.75, 3.05) is 11.5 Å². The maximum atomic E-state index is 13.5. The number of nitrogens with zero attached hydrogens (tertiary/aromatic N) is 1. The zero-order valence-electron chi connectivity index (χ0n) is 19.8. The van der Waals surface area contributed by atoms with E-state index in [0.29, 0.717) is 0 Å². The lowest BCUT2D eigenvalue weighted by Crippen LogP contribution is -2.46. The summed E-state index contributed by atoms with van der Waals surface area (Å²) in [6, 6.07) is 2.93. The molecular weight excluding hydrogens is 461 g/mol. The van der Waals surface area contributed by atoms with Crippen molar-refractivity contribution in [3.8, 4) is 0 Å². The van der Waals surface area contributed by atoms with Crippen molar-refractivity contribution in [3.05, 3.63) is 30.1 Å². The van der Waals surface area contributed by atoms with Gasteiger partial charge in [0.15, 0.2) is 0 Å². The molecule has 188 valence electrons. The monoisotopic (exact) mass is 494 g/mol. The molecule has 1 aromatic heterocycles. The van der Waals surface area contributed by atoms with Crippen molar-refractivity contribution in [3.63, 3.8) is 0 Å². The molecule has 1 amide bonds. The number of aliphatic hydroxyl groups is 1. The van der Waals surface area contributed by atoms with Gasteiger partial charge in [-0.1, -0.05) is 6.07 Å². The minimum Gasteiger partial charge on any atom is -0.458 e. The van der Waals surface area contributed by atoms with Gasteiger partial charge in [-0.15, -0.1) is 0 Å². The summed E-state index contributed by atoms with van der Waals surface area (Å²) in [5.74, 6) is -0.495. The van der Waals surface area contributed by atoms with Crippen LogP contribution in [0.25, 0.3) is 0 Å². The van der Waals surface area contributed by atoms with Crippen molar-refractivity contribution in [2.45, 2.75) is 83.4 Å². The zero-order valence-corrected chi connectivity index (χ0v) is 20.6. The van der Waals surface area contributed by atoms with Crippen LogP contribution in [0.4, 0.5) is 18.0 Å². The summed E-state index contributed by atoms with van der Waals surface area (Å²) >= 11 is 1.11. The number of pyridine rings is 1. The van der Waals surface area contributed by atoms with Gasteiger partial charge in [-0.25, -0.2) is 9.59 Å². The lowest BCUT2D eigenvalue weighted by molar-refractivity contribution is -0.268. The SMILES string of the molecule is CC(C)(C)OC(=O)N[C@@H](CCSCCC(O)(c1ccccn1)C(F)(F)F)C(=O)OC(C)(C)C. The highest BCUT2D eigenvalue weighted by Gasteiger charge is 2.55. The van der Waals surface area contributed by atoms with Gasteiger partial charge in [0.05, 0.1) is 5.69 Å². The van der Waals surface area contributed by atoms with Crippen molar-refractivity contribution in [1.29, 1.82) is 0 Å². The van der Waals surface area contributed by atoms with E-state index in [-0.39, 0.29) is 17.9 Å². The third-order valence-corrected chi connectivity index (χ3v) is 5.12. The molecule has 2 atom stereocenters. The number of halogens is 3. The quantitative estimate of drug-likeness (QED) is 0.383. The number of nitrogens with one attached hydrogen (secondary N) is 1. The number of alkyl halides is 3. The summed E-state index contributed by atoms with van der Waals surface area (Å²) in [4.78, 5) is 28.3. The fraction of sp³-hybridized carbons (Fsp3) is 0.682. The largest absolute Gasteiger partial charge is 0.458 e.